The van der Waals surface area contributed by atoms with Crippen molar-refractivity contribution in [2.24, 2.45) is 11.0 Å². The van der Waals surface area contributed by atoms with Crippen LogP contribution in [0.5, 0.6) is 0 Å². The van der Waals surface area contributed by atoms with Crippen molar-refractivity contribution in [1.82, 2.24) is 5.43 Å². The lowest BCUT2D eigenvalue weighted by molar-refractivity contribution is -0.380. The lowest BCUT2D eigenvalue weighted by Crippen LogP contribution is -2.19. The first-order chi connectivity index (χ1) is 10.6. The molecule has 7 heteroatoms. The minimum Gasteiger partial charge on any atom is -0.273 e. The smallest absolute Gasteiger partial charge is 0.273 e. The highest BCUT2D eigenvalue weighted by Gasteiger charge is 2.43. The molecule has 2 atom stereocenters. The van der Waals surface area contributed by atoms with Gasteiger partial charge in [-0.3, -0.25) is 14.9 Å². The van der Waals surface area contributed by atoms with Crippen LogP contribution in [0.2, 0.25) is 0 Å². The molecule has 1 aliphatic rings. The third kappa shape index (κ3) is 3.20. The number of nitrogens with one attached hydrogen (secondary N) is 1. The predicted molar refractivity (Wildman–Crippen MR) is 84.0 cm³/mol. The molecule has 2 aromatic rings. The van der Waals surface area contributed by atoms with Gasteiger partial charge in [0.1, 0.15) is 0 Å². The largest absolute Gasteiger partial charge is 0.324 e. The van der Waals surface area contributed by atoms with E-state index >= 15 is 0 Å². The summed E-state index contributed by atoms with van der Waals surface area (Å²) >= 11 is 1.01. The topological polar surface area (TPSA) is 84.6 Å². The van der Waals surface area contributed by atoms with Gasteiger partial charge in [-0.25, -0.2) is 5.43 Å². The van der Waals surface area contributed by atoms with Crippen LogP contribution in [0.3, 0.4) is 0 Å². The molecule has 6 nitrogen and oxygen atoms in total. The van der Waals surface area contributed by atoms with Crippen molar-refractivity contribution in [2.75, 3.05) is 0 Å². The molecule has 3 rings (SSSR count). The van der Waals surface area contributed by atoms with Gasteiger partial charge in [0.25, 0.3) is 0 Å². The van der Waals surface area contributed by atoms with E-state index in [0.29, 0.717) is 4.88 Å². The Labute approximate surface area is 130 Å². The first-order valence-corrected chi connectivity index (χ1v) is 7.59. The number of thiophene rings is 1. The molecule has 2 unspecified atom stereocenters. The van der Waals surface area contributed by atoms with Crippen LogP contribution < -0.4 is 5.43 Å². The second-order valence-corrected chi connectivity index (χ2v) is 6.12. The van der Waals surface area contributed by atoms with Crippen molar-refractivity contribution in [3.8, 4) is 0 Å². The highest BCUT2D eigenvalue weighted by Crippen LogP contribution is 2.47. The van der Waals surface area contributed by atoms with Crippen LogP contribution in [0.4, 0.5) is 5.00 Å². The SMILES string of the molecule is O=C(N/N=C/c1ccc([N+](=O)[O-])s1)C1CC1c1ccccc1. The van der Waals surface area contributed by atoms with Crippen molar-refractivity contribution in [3.63, 3.8) is 0 Å². The number of hydrogen-bond donors (Lipinski definition) is 1. The average molecular weight is 315 g/mol. The van der Waals surface area contributed by atoms with E-state index in [1.165, 1.54) is 17.8 Å². The Morgan fingerprint density at radius 1 is 1.32 bits per heavy atom. The maximum Gasteiger partial charge on any atom is 0.324 e. The van der Waals surface area contributed by atoms with Crippen molar-refractivity contribution in [2.45, 2.75) is 12.3 Å². The normalized spacial score (nSPS) is 20.0. The standard InChI is InChI=1S/C15H13N3O3S/c19-15(13-8-12(13)10-4-2-1-3-5-10)17-16-9-11-6-7-14(22-11)18(20)21/h1-7,9,12-13H,8H2,(H,17,19)/b16-9+. The Bertz CT molecular complexity index is 727. The van der Waals surface area contributed by atoms with Crippen molar-refractivity contribution < 1.29 is 9.72 Å². The Kier molecular flexibility index (Phi) is 3.97. The number of carbonyl (C=O) groups excluding carboxylic acids is 1. The Morgan fingerprint density at radius 3 is 2.77 bits per heavy atom. The third-order valence-corrected chi connectivity index (χ3v) is 4.49. The number of benzene rings is 1. The molecule has 112 valence electrons. The summed E-state index contributed by atoms with van der Waals surface area (Å²) in [6.07, 6.45) is 2.26. The van der Waals surface area contributed by atoms with Gasteiger partial charge >= 0.3 is 5.00 Å². The van der Waals surface area contributed by atoms with Crippen molar-refractivity contribution in [1.29, 1.82) is 0 Å². The average Bonchev–Trinajstić information content (AvgIpc) is 3.19. The molecule has 1 saturated carbocycles. The van der Waals surface area contributed by atoms with E-state index < -0.39 is 4.92 Å². The summed E-state index contributed by atoms with van der Waals surface area (Å²) < 4.78 is 0. The van der Waals surface area contributed by atoms with Gasteiger partial charge in [-0.1, -0.05) is 41.7 Å². The quantitative estimate of drug-likeness (QED) is 0.523. The van der Waals surface area contributed by atoms with Crippen LogP contribution in [0, 0.1) is 16.0 Å². The molecule has 22 heavy (non-hydrogen) atoms. The van der Waals surface area contributed by atoms with Gasteiger partial charge in [-0.05, 0) is 24.0 Å². The number of nitro groups is 1. The molecule has 1 fully saturated rings. The molecule has 1 amide bonds. The number of rotatable bonds is 5. The molecule has 1 aliphatic carbocycles. The van der Waals surface area contributed by atoms with E-state index in [-0.39, 0.29) is 22.7 Å². The van der Waals surface area contributed by atoms with Gasteiger partial charge in [-0.15, -0.1) is 0 Å². The molecular weight excluding hydrogens is 302 g/mol. The monoisotopic (exact) mass is 315 g/mol. The fourth-order valence-electron chi connectivity index (χ4n) is 2.31. The summed E-state index contributed by atoms with van der Waals surface area (Å²) in [4.78, 5) is 22.7. The first-order valence-electron chi connectivity index (χ1n) is 6.77. The maximum absolute atomic E-state index is 12.0. The van der Waals surface area contributed by atoms with Crippen LogP contribution in [-0.2, 0) is 4.79 Å². The van der Waals surface area contributed by atoms with E-state index in [2.05, 4.69) is 10.5 Å². The Morgan fingerprint density at radius 2 is 2.09 bits per heavy atom. The number of nitrogens with zero attached hydrogens (tertiary/aromatic N) is 2. The molecule has 1 aromatic carbocycles. The van der Waals surface area contributed by atoms with Crippen molar-refractivity contribution >= 4 is 28.5 Å². The molecule has 0 spiro atoms. The van der Waals surface area contributed by atoms with E-state index in [9.17, 15) is 14.9 Å². The van der Waals surface area contributed by atoms with Crippen LogP contribution in [0.15, 0.2) is 47.6 Å². The molecule has 1 N–H and O–H groups in total. The van der Waals surface area contributed by atoms with Gasteiger partial charge in [0.2, 0.25) is 5.91 Å². The number of hydrogen-bond acceptors (Lipinski definition) is 5. The molecule has 1 heterocycles. The summed E-state index contributed by atoms with van der Waals surface area (Å²) in [5.41, 5.74) is 3.67. The minimum absolute atomic E-state index is 0.0442. The lowest BCUT2D eigenvalue weighted by atomic mass is 10.1. The summed E-state index contributed by atoms with van der Waals surface area (Å²) in [7, 11) is 0. The fourth-order valence-corrected chi connectivity index (χ4v) is 3.00. The van der Waals surface area contributed by atoms with E-state index in [0.717, 1.165) is 17.8 Å². The van der Waals surface area contributed by atoms with Gasteiger partial charge in [0.05, 0.1) is 16.0 Å². The summed E-state index contributed by atoms with van der Waals surface area (Å²) in [6.45, 7) is 0. The zero-order valence-electron chi connectivity index (χ0n) is 11.5. The van der Waals surface area contributed by atoms with Gasteiger partial charge in [-0.2, -0.15) is 5.10 Å². The molecular formula is C15H13N3O3S. The number of hydrazone groups is 1. The minimum atomic E-state index is -0.449. The molecule has 0 radical (unpaired) electrons. The Balaban J connectivity index is 1.53. The molecule has 0 bridgehead atoms. The third-order valence-electron chi connectivity index (χ3n) is 3.51. The number of carbonyl (C=O) groups is 1. The zero-order chi connectivity index (χ0) is 15.5. The van der Waals surface area contributed by atoms with Crippen LogP contribution >= 0.6 is 11.3 Å². The van der Waals surface area contributed by atoms with Crippen LogP contribution in [-0.4, -0.2) is 17.0 Å². The summed E-state index contributed by atoms with van der Waals surface area (Å²) in [6, 6.07) is 12.9. The number of amides is 1. The van der Waals surface area contributed by atoms with E-state index in [1.54, 1.807) is 6.07 Å². The second kappa shape index (κ2) is 6.07. The van der Waals surface area contributed by atoms with Crippen molar-refractivity contribution in [3.05, 3.63) is 63.0 Å². The van der Waals surface area contributed by atoms with Gasteiger partial charge in [0.15, 0.2) is 0 Å². The molecule has 1 aromatic heterocycles. The van der Waals surface area contributed by atoms with Gasteiger partial charge in [0, 0.05) is 12.0 Å². The summed E-state index contributed by atoms with van der Waals surface area (Å²) in [5, 5.41) is 14.5. The zero-order valence-corrected chi connectivity index (χ0v) is 12.3. The Hall–Kier alpha value is -2.54. The van der Waals surface area contributed by atoms with Crippen LogP contribution in [0.25, 0.3) is 0 Å². The maximum atomic E-state index is 12.0. The lowest BCUT2D eigenvalue weighted by Gasteiger charge is -1.99. The predicted octanol–water partition coefficient (Wildman–Crippen LogP) is 2.91. The second-order valence-electron chi connectivity index (χ2n) is 5.03. The highest BCUT2D eigenvalue weighted by atomic mass is 32.1. The first kappa shape index (κ1) is 14.4. The fraction of sp³-hybridized carbons (Fsp3) is 0.200. The summed E-state index contributed by atoms with van der Waals surface area (Å²) in [5.74, 6) is 0.104. The van der Waals surface area contributed by atoms with E-state index in [4.69, 9.17) is 0 Å². The van der Waals surface area contributed by atoms with Crippen LogP contribution in [0.1, 0.15) is 22.8 Å². The van der Waals surface area contributed by atoms with Gasteiger partial charge < -0.3 is 0 Å². The van der Waals surface area contributed by atoms with E-state index in [1.807, 2.05) is 30.3 Å². The molecule has 0 aliphatic heterocycles. The molecule has 0 saturated heterocycles. The highest BCUT2D eigenvalue weighted by molar-refractivity contribution is 7.16.